The molecule has 78 valence electrons. The molecular formula is C9H16N4O. The molecule has 1 aromatic rings. The monoisotopic (exact) mass is 196 g/mol. The van der Waals surface area contributed by atoms with Gasteiger partial charge in [-0.15, -0.1) is 0 Å². The molecule has 0 spiro atoms. The first kappa shape index (κ1) is 9.33. The van der Waals surface area contributed by atoms with E-state index >= 15 is 0 Å². The number of anilines is 2. The molecule has 0 saturated carbocycles. The maximum atomic E-state index is 5.83. The molecule has 0 bridgehead atoms. The Hall–Kier alpha value is -1.23. The first-order valence-corrected chi connectivity index (χ1v) is 4.85. The molecule has 14 heavy (non-hydrogen) atoms. The minimum atomic E-state index is 0.341. The Bertz CT molecular complexity index is 323. The average molecular weight is 196 g/mol. The van der Waals surface area contributed by atoms with E-state index in [2.05, 4.69) is 21.8 Å². The van der Waals surface area contributed by atoms with Gasteiger partial charge in [0.1, 0.15) is 11.6 Å². The summed E-state index contributed by atoms with van der Waals surface area (Å²) < 4.78 is 5.36. The van der Waals surface area contributed by atoms with Crippen molar-refractivity contribution in [3.05, 3.63) is 5.82 Å². The van der Waals surface area contributed by atoms with E-state index in [1.807, 2.05) is 6.92 Å². The van der Waals surface area contributed by atoms with Gasteiger partial charge in [0.25, 0.3) is 0 Å². The van der Waals surface area contributed by atoms with Gasteiger partial charge in [0.15, 0.2) is 5.82 Å². The fraction of sp³-hybridized carbons (Fsp3) is 0.667. The Morgan fingerprint density at radius 1 is 1.64 bits per heavy atom. The zero-order valence-corrected chi connectivity index (χ0v) is 8.58. The number of aromatic amines is 1. The number of aromatic nitrogens is 2. The number of ether oxygens (including phenoxy) is 1. The lowest BCUT2D eigenvalue weighted by Gasteiger charge is -2.33. The highest BCUT2D eigenvalue weighted by atomic mass is 16.5. The Morgan fingerprint density at radius 2 is 2.43 bits per heavy atom. The molecule has 0 amide bonds. The maximum absolute atomic E-state index is 5.83. The Balaban J connectivity index is 2.24. The minimum Gasteiger partial charge on any atom is -0.382 e. The standard InChI is InChI=1S/C9H16N4O/c1-6-5-14-4-3-13(6)9-8(10)11-7(2)12-9/h6H,3-5,10H2,1-2H3,(H,11,12). The highest BCUT2D eigenvalue weighted by Crippen LogP contribution is 2.23. The molecule has 5 nitrogen and oxygen atoms in total. The molecule has 3 N–H and O–H groups in total. The van der Waals surface area contributed by atoms with Gasteiger partial charge in [-0.3, -0.25) is 0 Å². The van der Waals surface area contributed by atoms with Crippen molar-refractivity contribution in [3.8, 4) is 0 Å². The van der Waals surface area contributed by atoms with Crippen LogP contribution in [0.3, 0.4) is 0 Å². The lowest BCUT2D eigenvalue weighted by atomic mass is 10.2. The van der Waals surface area contributed by atoms with Gasteiger partial charge >= 0.3 is 0 Å². The number of hydrogen-bond donors (Lipinski definition) is 2. The van der Waals surface area contributed by atoms with Gasteiger partial charge in [0.05, 0.1) is 19.3 Å². The van der Waals surface area contributed by atoms with Crippen LogP contribution in [-0.2, 0) is 4.74 Å². The zero-order valence-electron chi connectivity index (χ0n) is 8.58. The third-order valence-corrected chi connectivity index (χ3v) is 2.47. The number of H-pyrrole nitrogens is 1. The normalized spacial score (nSPS) is 22.7. The van der Waals surface area contributed by atoms with Crippen LogP contribution in [0, 0.1) is 6.92 Å². The van der Waals surface area contributed by atoms with Crippen molar-refractivity contribution in [2.75, 3.05) is 30.4 Å². The number of nitrogen functional groups attached to an aromatic ring is 1. The zero-order chi connectivity index (χ0) is 10.1. The van der Waals surface area contributed by atoms with E-state index in [4.69, 9.17) is 10.5 Å². The van der Waals surface area contributed by atoms with Crippen molar-refractivity contribution < 1.29 is 4.74 Å². The number of nitrogens with two attached hydrogens (primary N) is 1. The van der Waals surface area contributed by atoms with E-state index < -0.39 is 0 Å². The summed E-state index contributed by atoms with van der Waals surface area (Å²) in [7, 11) is 0. The van der Waals surface area contributed by atoms with Crippen LogP contribution in [0.2, 0.25) is 0 Å². The predicted molar refractivity (Wildman–Crippen MR) is 55.4 cm³/mol. The number of hydrogen-bond acceptors (Lipinski definition) is 4. The average Bonchev–Trinajstić information content (AvgIpc) is 2.46. The van der Waals surface area contributed by atoms with Crippen molar-refractivity contribution in [3.63, 3.8) is 0 Å². The number of aryl methyl sites for hydroxylation is 1. The van der Waals surface area contributed by atoms with Crippen LogP contribution >= 0.6 is 0 Å². The summed E-state index contributed by atoms with van der Waals surface area (Å²) in [6.07, 6.45) is 0. The van der Waals surface area contributed by atoms with Gasteiger partial charge in [-0.05, 0) is 13.8 Å². The fourth-order valence-corrected chi connectivity index (χ4v) is 1.76. The molecule has 1 fully saturated rings. The van der Waals surface area contributed by atoms with E-state index in [1.54, 1.807) is 0 Å². The lowest BCUT2D eigenvalue weighted by molar-refractivity contribution is 0.0986. The molecule has 5 heteroatoms. The van der Waals surface area contributed by atoms with Gasteiger partial charge in [-0.2, -0.15) is 0 Å². The van der Waals surface area contributed by atoms with E-state index in [9.17, 15) is 0 Å². The van der Waals surface area contributed by atoms with Crippen molar-refractivity contribution in [1.29, 1.82) is 0 Å². The summed E-state index contributed by atoms with van der Waals surface area (Å²) in [5, 5.41) is 0. The van der Waals surface area contributed by atoms with E-state index in [0.717, 1.165) is 31.4 Å². The van der Waals surface area contributed by atoms with Crippen LogP contribution in [0.4, 0.5) is 11.6 Å². The second-order valence-electron chi connectivity index (χ2n) is 3.68. The molecule has 0 aliphatic carbocycles. The Labute approximate surface area is 83.3 Å². The molecule has 0 aromatic carbocycles. The van der Waals surface area contributed by atoms with Gasteiger partial charge in [-0.1, -0.05) is 0 Å². The van der Waals surface area contributed by atoms with Crippen molar-refractivity contribution in [1.82, 2.24) is 9.97 Å². The summed E-state index contributed by atoms with van der Waals surface area (Å²) in [5.74, 6) is 2.37. The number of nitrogens with zero attached hydrogens (tertiary/aromatic N) is 2. The van der Waals surface area contributed by atoms with Crippen molar-refractivity contribution in [2.24, 2.45) is 0 Å². The highest BCUT2D eigenvalue weighted by molar-refractivity contribution is 5.59. The van der Waals surface area contributed by atoms with Crippen LogP contribution in [0.25, 0.3) is 0 Å². The van der Waals surface area contributed by atoms with E-state index in [-0.39, 0.29) is 0 Å². The topological polar surface area (TPSA) is 67.2 Å². The van der Waals surface area contributed by atoms with Crippen LogP contribution in [0.15, 0.2) is 0 Å². The molecule has 1 saturated heterocycles. The smallest absolute Gasteiger partial charge is 0.171 e. The molecule has 2 heterocycles. The SMILES string of the molecule is Cc1nc(N2CCOCC2C)c(N)[nH]1. The van der Waals surface area contributed by atoms with Crippen LogP contribution in [0.1, 0.15) is 12.7 Å². The Kier molecular flexibility index (Phi) is 2.33. The predicted octanol–water partition coefficient (Wildman–Crippen LogP) is 0.525. The number of rotatable bonds is 1. The molecule has 2 rings (SSSR count). The third-order valence-electron chi connectivity index (χ3n) is 2.47. The molecule has 1 aliphatic rings. The summed E-state index contributed by atoms with van der Waals surface area (Å²) >= 11 is 0. The lowest BCUT2D eigenvalue weighted by Crippen LogP contribution is -2.44. The largest absolute Gasteiger partial charge is 0.382 e. The van der Waals surface area contributed by atoms with Crippen LogP contribution in [0.5, 0.6) is 0 Å². The number of morpholine rings is 1. The maximum Gasteiger partial charge on any atom is 0.171 e. The quantitative estimate of drug-likeness (QED) is 0.687. The van der Waals surface area contributed by atoms with Crippen molar-refractivity contribution >= 4 is 11.6 Å². The van der Waals surface area contributed by atoms with Crippen LogP contribution in [-0.4, -0.2) is 35.8 Å². The first-order valence-electron chi connectivity index (χ1n) is 4.85. The fourth-order valence-electron chi connectivity index (χ4n) is 1.76. The van der Waals surface area contributed by atoms with Crippen LogP contribution < -0.4 is 10.6 Å². The molecule has 1 aromatic heterocycles. The van der Waals surface area contributed by atoms with Gasteiger partial charge in [0, 0.05) is 6.54 Å². The van der Waals surface area contributed by atoms with E-state index in [1.165, 1.54) is 0 Å². The third kappa shape index (κ3) is 1.55. The number of nitrogens with one attached hydrogen (secondary N) is 1. The van der Waals surface area contributed by atoms with Gasteiger partial charge in [-0.25, -0.2) is 4.98 Å². The summed E-state index contributed by atoms with van der Waals surface area (Å²) in [4.78, 5) is 9.57. The molecule has 1 unspecified atom stereocenters. The second-order valence-corrected chi connectivity index (χ2v) is 3.68. The first-order chi connectivity index (χ1) is 6.68. The highest BCUT2D eigenvalue weighted by Gasteiger charge is 2.22. The minimum absolute atomic E-state index is 0.341. The molecule has 1 atom stereocenters. The molecular weight excluding hydrogens is 180 g/mol. The number of imidazole rings is 1. The van der Waals surface area contributed by atoms with Crippen molar-refractivity contribution in [2.45, 2.75) is 19.9 Å². The molecule has 1 aliphatic heterocycles. The van der Waals surface area contributed by atoms with Gasteiger partial charge in [0.2, 0.25) is 0 Å². The summed E-state index contributed by atoms with van der Waals surface area (Å²) in [6.45, 7) is 6.37. The summed E-state index contributed by atoms with van der Waals surface area (Å²) in [6, 6.07) is 0.341. The second kappa shape index (κ2) is 3.49. The van der Waals surface area contributed by atoms with E-state index in [0.29, 0.717) is 11.9 Å². The summed E-state index contributed by atoms with van der Waals surface area (Å²) in [5.41, 5.74) is 5.83. The van der Waals surface area contributed by atoms with Gasteiger partial charge < -0.3 is 20.4 Å². The Morgan fingerprint density at radius 3 is 3.00 bits per heavy atom. The molecule has 0 radical (unpaired) electrons.